The predicted molar refractivity (Wildman–Crippen MR) is 76.4 cm³/mol. The molecule has 0 spiro atoms. The minimum atomic E-state index is -0.772. The molecule has 20 heavy (non-hydrogen) atoms. The first-order valence-corrected chi connectivity index (χ1v) is 7.62. The molecule has 1 amide bonds. The summed E-state index contributed by atoms with van der Waals surface area (Å²) in [6, 6.07) is 0.226. The smallest absolute Gasteiger partial charge is 0.303 e. The Balaban J connectivity index is 1.99. The maximum absolute atomic E-state index is 12.6. The highest BCUT2D eigenvalue weighted by Crippen LogP contribution is 2.44. The number of likely N-dealkylation sites (N-methyl/N-ethyl adjacent to an activating group) is 1. The lowest BCUT2D eigenvalue weighted by atomic mass is 9.79. The van der Waals surface area contributed by atoms with E-state index in [0.717, 1.165) is 45.3 Å². The monoisotopic (exact) mass is 282 g/mol. The Morgan fingerprint density at radius 1 is 1.20 bits per heavy atom. The van der Waals surface area contributed by atoms with E-state index >= 15 is 0 Å². The van der Waals surface area contributed by atoms with Crippen LogP contribution in [0.2, 0.25) is 0 Å². The van der Waals surface area contributed by atoms with Gasteiger partial charge in [0.25, 0.3) is 0 Å². The van der Waals surface area contributed by atoms with Crippen LogP contribution in [0, 0.1) is 5.41 Å². The lowest BCUT2D eigenvalue weighted by molar-refractivity contribution is -0.142. The quantitative estimate of drug-likeness (QED) is 0.850. The summed E-state index contributed by atoms with van der Waals surface area (Å²) in [5.41, 5.74) is -0.286. The van der Waals surface area contributed by atoms with E-state index < -0.39 is 5.97 Å². The maximum Gasteiger partial charge on any atom is 0.303 e. The highest BCUT2D eigenvalue weighted by Gasteiger charge is 2.40. The number of nitrogens with zero attached hydrogens (tertiary/aromatic N) is 2. The van der Waals surface area contributed by atoms with Gasteiger partial charge < -0.3 is 14.9 Å². The zero-order valence-electron chi connectivity index (χ0n) is 12.6. The molecule has 2 aliphatic rings. The van der Waals surface area contributed by atoms with Crippen LogP contribution in [0.1, 0.15) is 45.4 Å². The number of carbonyl (C=O) groups is 2. The van der Waals surface area contributed by atoms with E-state index in [4.69, 9.17) is 5.11 Å². The van der Waals surface area contributed by atoms with Gasteiger partial charge in [0.05, 0.1) is 6.42 Å². The molecule has 1 heterocycles. The Hall–Kier alpha value is -1.10. The normalized spacial score (nSPS) is 26.7. The number of carbonyl (C=O) groups excluding carboxylic acids is 1. The molecule has 0 bridgehead atoms. The summed E-state index contributed by atoms with van der Waals surface area (Å²) < 4.78 is 0. The van der Waals surface area contributed by atoms with Gasteiger partial charge in [-0.05, 0) is 32.2 Å². The second kappa shape index (κ2) is 6.12. The largest absolute Gasteiger partial charge is 0.481 e. The number of rotatable bonds is 4. The van der Waals surface area contributed by atoms with Crippen molar-refractivity contribution < 1.29 is 14.7 Å². The molecule has 0 aromatic rings. The first-order valence-electron chi connectivity index (χ1n) is 7.62. The Labute approximate surface area is 120 Å². The van der Waals surface area contributed by atoms with Crippen LogP contribution in [0.25, 0.3) is 0 Å². The molecule has 5 heteroatoms. The Kier molecular flexibility index (Phi) is 4.68. The van der Waals surface area contributed by atoms with Crippen molar-refractivity contribution in [2.45, 2.75) is 51.5 Å². The van der Waals surface area contributed by atoms with E-state index in [1.54, 1.807) is 0 Å². The highest BCUT2D eigenvalue weighted by atomic mass is 16.4. The van der Waals surface area contributed by atoms with Gasteiger partial charge in [0.2, 0.25) is 5.91 Å². The highest BCUT2D eigenvalue weighted by molar-refractivity contribution is 5.78. The number of amides is 1. The van der Waals surface area contributed by atoms with Crippen LogP contribution in [-0.4, -0.2) is 59.5 Å². The number of hydrogen-bond acceptors (Lipinski definition) is 3. The maximum atomic E-state index is 12.6. The number of carboxylic acid groups (broad SMARTS) is 1. The van der Waals surface area contributed by atoms with Crippen molar-refractivity contribution in [3.05, 3.63) is 0 Å². The lowest BCUT2D eigenvalue weighted by Crippen LogP contribution is -2.53. The summed E-state index contributed by atoms with van der Waals surface area (Å²) in [4.78, 5) is 27.8. The Bertz CT molecular complexity index is 377. The molecule has 114 valence electrons. The molecule has 1 saturated carbocycles. The molecular weight excluding hydrogens is 256 g/mol. The van der Waals surface area contributed by atoms with Crippen LogP contribution in [0.15, 0.2) is 0 Å². The molecule has 2 rings (SSSR count). The molecule has 1 unspecified atom stereocenters. The van der Waals surface area contributed by atoms with Gasteiger partial charge in [-0.2, -0.15) is 0 Å². The molecule has 1 atom stereocenters. The molecule has 0 aromatic carbocycles. The number of carboxylic acids is 1. The fraction of sp³-hybridized carbons (Fsp3) is 0.867. The van der Waals surface area contributed by atoms with Crippen molar-refractivity contribution in [3.8, 4) is 0 Å². The molecular formula is C15H26N2O3. The number of hydrogen-bond donors (Lipinski definition) is 1. The van der Waals surface area contributed by atoms with Crippen LogP contribution in [0.4, 0.5) is 0 Å². The summed E-state index contributed by atoms with van der Waals surface area (Å²) in [6.45, 7) is 4.64. The standard InChI is InChI=1S/C15H26N2O3/c1-12-11-16(2)7-8-17(12)13(18)9-15(10-14(19)20)5-3-4-6-15/h12H,3-11H2,1-2H3,(H,19,20). The van der Waals surface area contributed by atoms with Crippen molar-refractivity contribution in [1.82, 2.24) is 9.80 Å². The molecule has 1 aliphatic heterocycles. The Morgan fingerprint density at radius 3 is 2.40 bits per heavy atom. The summed E-state index contributed by atoms with van der Waals surface area (Å²) in [5, 5.41) is 9.12. The van der Waals surface area contributed by atoms with Gasteiger partial charge in [-0.1, -0.05) is 12.8 Å². The van der Waals surface area contributed by atoms with E-state index in [1.165, 1.54) is 0 Å². The van der Waals surface area contributed by atoms with E-state index in [-0.39, 0.29) is 23.8 Å². The van der Waals surface area contributed by atoms with Crippen LogP contribution < -0.4 is 0 Å². The average molecular weight is 282 g/mol. The van der Waals surface area contributed by atoms with Gasteiger partial charge in [-0.15, -0.1) is 0 Å². The average Bonchev–Trinajstić information content (AvgIpc) is 2.75. The van der Waals surface area contributed by atoms with Crippen LogP contribution >= 0.6 is 0 Å². The minimum Gasteiger partial charge on any atom is -0.481 e. The predicted octanol–water partition coefficient (Wildman–Crippen LogP) is 1.57. The number of piperazine rings is 1. The van der Waals surface area contributed by atoms with Crippen molar-refractivity contribution in [2.24, 2.45) is 5.41 Å². The van der Waals surface area contributed by atoms with E-state index in [9.17, 15) is 9.59 Å². The first-order chi connectivity index (χ1) is 9.42. The van der Waals surface area contributed by atoms with Gasteiger partial charge in [0.1, 0.15) is 0 Å². The van der Waals surface area contributed by atoms with Crippen LogP contribution in [0.5, 0.6) is 0 Å². The van der Waals surface area contributed by atoms with E-state index in [0.29, 0.717) is 6.42 Å². The van der Waals surface area contributed by atoms with Crippen molar-refractivity contribution in [1.29, 1.82) is 0 Å². The lowest BCUT2D eigenvalue weighted by Gasteiger charge is -2.40. The van der Waals surface area contributed by atoms with Crippen molar-refractivity contribution in [2.75, 3.05) is 26.7 Å². The Morgan fingerprint density at radius 2 is 1.85 bits per heavy atom. The molecule has 0 radical (unpaired) electrons. The molecule has 5 nitrogen and oxygen atoms in total. The third-order valence-electron chi connectivity index (χ3n) is 4.87. The fourth-order valence-corrected chi connectivity index (χ4v) is 3.79. The molecule has 1 saturated heterocycles. The topological polar surface area (TPSA) is 60.9 Å². The zero-order valence-corrected chi connectivity index (χ0v) is 12.6. The molecule has 1 N–H and O–H groups in total. The second-order valence-electron chi connectivity index (χ2n) is 6.65. The first kappa shape index (κ1) is 15.3. The molecule has 2 fully saturated rings. The van der Waals surface area contributed by atoms with E-state index in [2.05, 4.69) is 18.9 Å². The summed E-state index contributed by atoms with van der Waals surface area (Å²) >= 11 is 0. The molecule has 1 aliphatic carbocycles. The van der Waals surface area contributed by atoms with Gasteiger partial charge in [-0.25, -0.2) is 0 Å². The SMILES string of the molecule is CC1CN(C)CCN1C(=O)CC1(CC(=O)O)CCCC1. The van der Waals surface area contributed by atoms with Gasteiger partial charge in [-0.3, -0.25) is 9.59 Å². The van der Waals surface area contributed by atoms with Crippen molar-refractivity contribution >= 4 is 11.9 Å². The third kappa shape index (κ3) is 3.51. The van der Waals surface area contributed by atoms with Gasteiger partial charge >= 0.3 is 5.97 Å². The molecule has 0 aromatic heterocycles. The van der Waals surface area contributed by atoms with Crippen LogP contribution in [-0.2, 0) is 9.59 Å². The fourth-order valence-electron chi connectivity index (χ4n) is 3.79. The zero-order chi connectivity index (χ0) is 14.8. The van der Waals surface area contributed by atoms with Gasteiger partial charge in [0, 0.05) is 32.1 Å². The van der Waals surface area contributed by atoms with Gasteiger partial charge in [0.15, 0.2) is 0 Å². The van der Waals surface area contributed by atoms with Crippen molar-refractivity contribution in [3.63, 3.8) is 0 Å². The summed E-state index contributed by atoms with van der Waals surface area (Å²) in [6.07, 6.45) is 4.42. The summed E-state index contributed by atoms with van der Waals surface area (Å²) in [7, 11) is 2.07. The number of aliphatic carboxylic acids is 1. The third-order valence-corrected chi connectivity index (χ3v) is 4.87. The minimum absolute atomic E-state index is 0.140. The van der Waals surface area contributed by atoms with E-state index in [1.807, 2.05) is 4.90 Å². The summed E-state index contributed by atoms with van der Waals surface area (Å²) in [5.74, 6) is -0.625. The van der Waals surface area contributed by atoms with Crippen LogP contribution in [0.3, 0.4) is 0 Å². The second-order valence-corrected chi connectivity index (χ2v) is 6.65.